The lowest BCUT2D eigenvalue weighted by molar-refractivity contribution is -0.0112. The SMILES string of the molecule is C[C@@H]([C@H]1CC[C@@]2(C)[C@@H]3CC[C@@H]4C(=CC3=CC[C@]12C)CC[C@H](N)C4(C)C)N(C)C. The number of fused-ring (bicyclic) bond motifs is 4. The molecule has 0 spiro atoms. The highest BCUT2D eigenvalue weighted by molar-refractivity contribution is 5.37. The molecule has 0 amide bonds. The Morgan fingerprint density at radius 1 is 1.00 bits per heavy atom. The third-order valence-electron chi connectivity index (χ3n) is 10.6. The van der Waals surface area contributed by atoms with Crippen LogP contribution in [0.25, 0.3) is 0 Å². The first-order valence-electron chi connectivity index (χ1n) is 11.8. The van der Waals surface area contributed by atoms with E-state index in [-0.39, 0.29) is 5.41 Å². The molecular formula is C26H44N2. The minimum absolute atomic E-state index is 0.236. The van der Waals surface area contributed by atoms with Gasteiger partial charge in [-0.3, -0.25) is 0 Å². The van der Waals surface area contributed by atoms with E-state index in [1.54, 1.807) is 11.1 Å². The molecule has 0 aromatic carbocycles. The second kappa shape index (κ2) is 6.71. The van der Waals surface area contributed by atoms with E-state index in [1.165, 1.54) is 38.5 Å². The Bertz CT molecular complexity index is 687. The third kappa shape index (κ3) is 2.73. The molecule has 0 aromatic heterocycles. The molecule has 4 rings (SSSR count). The van der Waals surface area contributed by atoms with Gasteiger partial charge in [-0.2, -0.15) is 0 Å². The first kappa shape index (κ1) is 20.7. The van der Waals surface area contributed by atoms with Crippen molar-refractivity contribution in [3.63, 3.8) is 0 Å². The summed E-state index contributed by atoms with van der Waals surface area (Å²) < 4.78 is 0. The summed E-state index contributed by atoms with van der Waals surface area (Å²) >= 11 is 0. The van der Waals surface area contributed by atoms with Gasteiger partial charge in [0.15, 0.2) is 0 Å². The lowest BCUT2D eigenvalue weighted by Crippen LogP contribution is -2.49. The first-order chi connectivity index (χ1) is 13.0. The van der Waals surface area contributed by atoms with Gasteiger partial charge in [-0.05, 0) is 106 Å². The molecule has 0 heterocycles. The molecule has 28 heavy (non-hydrogen) atoms. The van der Waals surface area contributed by atoms with E-state index in [2.05, 4.69) is 65.8 Å². The average Bonchev–Trinajstić information content (AvgIpc) is 2.78. The fraction of sp³-hybridized carbons (Fsp3) is 0.846. The van der Waals surface area contributed by atoms with Crippen molar-refractivity contribution < 1.29 is 0 Å². The molecule has 158 valence electrons. The van der Waals surface area contributed by atoms with Gasteiger partial charge >= 0.3 is 0 Å². The van der Waals surface area contributed by atoms with Crippen LogP contribution in [-0.2, 0) is 0 Å². The third-order valence-corrected chi connectivity index (χ3v) is 10.6. The summed E-state index contributed by atoms with van der Waals surface area (Å²) in [5, 5.41) is 0. The smallest absolute Gasteiger partial charge is 0.00990 e. The monoisotopic (exact) mass is 384 g/mol. The number of rotatable bonds is 2. The van der Waals surface area contributed by atoms with Crippen LogP contribution in [-0.4, -0.2) is 31.1 Å². The molecule has 4 aliphatic carbocycles. The van der Waals surface area contributed by atoms with Gasteiger partial charge in [0.25, 0.3) is 0 Å². The van der Waals surface area contributed by atoms with Crippen molar-refractivity contribution >= 4 is 0 Å². The molecule has 2 fully saturated rings. The Labute approximate surface area is 174 Å². The van der Waals surface area contributed by atoms with Crippen LogP contribution in [0.2, 0.25) is 0 Å². The standard InChI is InChI=1S/C26H44N2/c1-17(28(6)7)20-13-15-26(5)22-10-9-21-18(8-11-23(27)24(21,2)3)16-19(22)12-14-25(20,26)4/h12,16-17,20-23H,8-11,13-15,27H2,1-7H3/t17-,20+,21+,22+,23-,25+,26-/m0/s1. The molecule has 2 N–H and O–H groups in total. The minimum atomic E-state index is 0.236. The maximum Gasteiger partial charge on any atom is 0.00990 e. The highest BCUT2D eigenvalue weighted by atomic mass is 15.1. The van der Waals surface area contributed by atoms with Gasteiger partial charge in [-0.15, -0.1) is 0 Å². The largest absolute Gasteiger partial charge is 0.327 e. The molecule has 0 saturated heterocycles. The van der Waals surface area contributed by atoms with E-state index in [9.17, 15) is 0 Å². The van der Waals surface area contributed by atoms with E-state index >= 15 is 0 Å². The van der Waals surface area contributed by atoms with Crippen LogP contribution >= 0.6 is 0 Å². The van der Waals surface area contributed by atoms with Crippen molar-refractivity contribution in [3.8, 4) is 0 Å². The van der Waals surface area contributed by atoms with Crippen LogP contribution in [0.15, 0.2) is 23.3 Å². The Kier molecular flexibility index (Phi) is 4.95. The Morgan fingerprint density at radius 2 is 1.68 bits per heavy atom. The molecule has 0 unspecified atom stereocenters. The van der Waals surface area contributed by atoms with Crippen molar-refractivity contribution in [3.05, 3.63) is 23.3 Å². The Morgan fingerprint density at radius 3 is 2.36 bits per heavy atom. The lowest BCUT2D eigenvalue weighted by atomic mass is 9.51. The second-order valence-electron chi connectivity index (χ2n) is 12.0. The highest BCUT2D eigenvalue weighted by Gasteiger charge is 2.60. The fourth-order valence-electron chi connectivity index (χ4n) is 7.94. The van der Waals surface area contributed by atoms with Gasteiger partial charge in [0.2, 0.25) is 0 Å². The van der Waals surface area contributed by atoms with Gasteiger partial charge in [0.1, 0.15) is 0 Å². The molecule has 0 bridgehead atoms. The number of nitrogens with zero attached hydrogens (tertiary/aromatic N) is 1. The predicted octanol–water partition coefficient (Wildman–Crippen LogP) is 5.79. The van der Waals surface area contributed by atoms with Crippen LogP contribution in [0.1, 0.15) is 79.6 Å². The van der Waals surface area contributed by atoms with E-state index in [1.807, 2.05) is 0 Å². The van der Waals surface area contributed by atoms with E-state index in [0.717, 1.165) is 18.3 Å². The topological polar surface area (TPSA) is 29.3 Å². The van der Waals surface area contributed by atoms with Crippen molar-refractivity contribution in [2.24, 2.45) is 39.7 Å². The number of hydrogen-bond donors (Lipinski definition) is 1. The van der Waals surface area contributed by atoms with Gasteiger partial charge < -0.3 is 10.6 Å². The minimum Gasteiger partial charge on any atom is -0.327 e. The molecule has 0 radical (unpaired) electrons. The zero-order valence-corrected chi connectivity index (χ0v) is 19.5. The van der Waals surface area contributed by atoms with Gasteiger partial charge in [0, 0.05) is 12.1 Å². The van der Waals surface area contributed by atoms with Crippen molar-refractivity contribution in [1.29, 1.82) is 0 Å². The maximum absolute atomic E-state index is 6.58. The number of nitrogens with two attached hydrogens (primary N) is 1. The highest BCUT2D eigenvalue weighted by Crippen LogP contribution is 2.68. The fourth-order valence-corrected chi connectivity index (χ4v) is 7.94. The van der Waals surface area contributed by atoms with Gasteiger partial charge in [0.05, 0.1) is 0 Å². The van der Waals surface area contributed by atoms with Crippen LogP contribution < -0.4 is 5.73 Å². The summed E-state index contributed by atoms with van der Waals surface area (Å²) in [5.41, 5.74) is 11.1. The normalized spacial score (nSPS) is 46.0. The van der Waals surface area contributed by atoms with Gasteiger partial charge in [-0.25, -0.2) is 0 Å². The molecule has 2 heteroatoms. The summed E-state index contributed by atoms with van der Waals surface area (Å²) in [6.07, 6.45) is 14.4. The van der Waals surface area contributed by atoms with Crippen molar-refractivity contribution in [2.45, 2.75) is 91.6 Å². The second-order valence-corrected chi connectivity index (χ2v) is 12.0. The van der Waals surface area contributed by atoms with Gasteiger partial charge in [-0.1, -0.05) is 45.4 Å². The average molecular weight is 385 g/mol. The van der Waals surface area contributed by atoms with E-state index < -0.39 is 0 Å². The van der Waals surface area contributed by atoms with Crippen LogP contribution in [0.3, 0.4) is 0 Å². The molecule has 0 aliphatic heterocycles. The number of hydrogen-bond acceptors (Lipinski definition) is 2. The quantitative estimate of drug-likeness (QED) is 0.653. The number of allylic oxidation sites excluding steroid dienone is 4. The maximum atomic E-state index is 6.58. The molecule has 2 nitrogen and oxygen atoms in total. The molecule has 7 atom stereocenters. The van der Waals surface area contributed by atoms with E-state index in [4.69, 9.17) is 5.73 Å². The molecular weight excluding hydrogens is 340 g/mol. The first-order valence-corrected chi connectivity index (χ1v) is 11.8. The Hall–Kier alpha value is -0.600. The lowest BCUT2D eigenvalue weighted by Gasteiger charge is -2.54. The summed E-state index contributed by atoms with van der Waals surface area (Å²) in [4.78, 5) is 2.45. The van der Waals surface area contributed by atoms with Crippen LogP contribution in [0.5, 0.6) is 0 Å². The zero-order valence-electron chi connectivity index (χ0n) is 19.5. The molecule has 4 aliphatic rings. The molecule has 2 saturated carbocycles. The summed E-state index contributed by atoms with van der Waals surface area (Å²) in [5.74, 6) is 2.21. The Balaban J connectivity index is 1.69. The summed E-state index contributed by atoms with van der Waals surface area (Å²) in [6, 6.07) is 1.01. The molecule has 0 aromatic rings. The zero-order chi connectivity index (χ0) is 20.5. The van der Waals surface area contributed by atoms with E-state index in [0.29, 0.717) is 28.8 Å². The predicted molar refractivity (Wildman–Crippen MR) is 120 cm³/mol. The van der Waals surface area contributed by atoms with Crippen LogP contribution in [0, 0.1) is 34.0 Å². The summed E-state index contributed by atoms with van der Waals surface area (Å²) in [7, 11) is 4.53. The summed E-state index contributed by atoms with van der Waals surface area (Å²) in [6.45, 7) is 12.6. The van der Waals surface area contributed by atoms with Crippen LogP contribution in [0.4, 0.5) is 0 Å². The van der Waals surface area contributed by atoms with Crippen molar-refractivity contribution in [1.82, 2.24) is 4.90 Å². The van der Waals surface area contributed by atoms with Crippen molar-refractivity contribution in [2.75, 3.05) is 14.1 Å².